The van der Waals surface area contributed by atoms with Crippen molar-refractivity contribution < 1.29 is 84.6 Å². The summed E-state index contributed by atoms with van der Waals surface area (Å²) in [6.07, 6.45) is -13.1. The molecule has 7 rings (SSSR count). The van der Waals surface area contributed by atoms with Gasteiger partial charge in [0.05, 0.1) is 37.6 Å². The molecule has 4 aliphatic carbocycles. The topological polar surface area (TPSA) is 278 Å². The van der Waals surface area contributed by atoms with Gasteiger partial charge in [-0.15, -0.1) is 0 Å². The van der Waals surface area contributed by atoms with Gasteiger partial charge in [-0.25, -0.2) is 0 Å². The molecule has 25 atom stereocenters. The second-order valence-corrected chi connectivity index (χ2v) is 22.3. The first-order valence-electron chi connectivity index (χ1n) is 24.0. The lowest BCUT2D eigenvalue weighted by atomic mass is 9.40. The van der Waals surface area contributed by atoms with Crippen LogP contribution in [0.1, 0.15) is 107 Å². The largest absolute Gasteiger partial charge is 0.394 e. The van der Waals surface area contributed by atoms with Gasteiger partial charge in [0.15, 0.2) is 18.9 Å². The molecule has 0 aromatic carbocycles. The smallest absolute Gasteiger partial charge is 0.187 e. The maximum atomic E-state index is 11.3. The van der Waals surface area contributed by atoms with Crippen molar-refractivity contribution in [1.82, 2.24) is 0 Å². The minimum atomic E-state index is -1.66. The molecule has 374 valence electrons. The van der Waals surface area contributed by atoms with E-state index in [-0.39, 0.29) is 35.0 Å². The van der Waals surface area contributed by atoms with Crippen LogP contribution in [0.5, 0.6) is 0 Å². The Bertz CT molecular complexity index is 1700. The van der Waals surface area contributed by atoms with Gasteiger partial charge in [-0.2, -0.15) is 0 Å². The maximum Gasteiger partial charge on any atom is 0.187 e. The Balaban J connectivity index is 1.19. The van der Waals surface area contributed by atoms with Crippen LogP contribution in [-0.2, 0) is 28.4 Å². The zero-order valence-corrected chi connectivity index (χ0v) is 39.6. The van der Waals surface area contributed by atoms with Crippen molar-refractivity contribution >= 4 is 0 Å². The summed E-state index contributed by atoms with van der Waals surface area (Å²) in [5.74, 6) is 0.330. The third-order valence-electron chi connectivity index (χ3n) is 18.1. The van der Waals surface area contributed by atoms with Crippen molar-refractivity contribution in [2.75, 3.05) is 13.2 Å². The maximum absolute atomic E-state index is 11.3. The number of ether oxygens (including phenoxy) is 6. The predicted molar refractivity (Wildman–Crippen MR) is 232 cm³/mol. The second-order valence-electron chi connectivity index (χ2n) is 22.3. The molecule has 0 aromatic rings. The Morgan fingerprint density at radius 1 is 0.708 bits per heavy atom. The van der Waals surface area contributed by atoms with Gasteiger partial charge < -0.3 is 84.6 Å². The van der Waals surface area contributed by atoms with E-state index in [0.717, 1.165) is 31.3 Å². The van der Waals surface area contributed by atoms with Gasteiger partial charge >= 0.3 is 0 Å². The van der Waals surface area contributed by atoms with E-state index in [1.807, 2.05) is 19.9 Å². The summed E-state index contributed by atoms with van der Waals surface area (Å²) in [6.45, 7) is 17.9. The number of hydrogen-bond acceptors (Lipinski definition) is 17. The molecule has 3 heterocycles. The van der Waals surface area contributed by atoms with Gasteiger partial charge in [0, 0.05) is 11.8 Å². The fraction of sp³-hybridized carbons (Fsp3) is 0.917. The van der Waals surface area contributed by atoms with Gasteiger partial charge in [0.2, 0.25) is 0 Å². The van der Waals surface area contributed by atoms with Crippen LogP contribution >= 0.6 is 0 Å². The lowest BCUT2D eigenvalue weighted by molar-refractivity contribution is -0.354. The third kappa shape index (κ3) is 8.76. The van der Waals surface area contributed by atoms with Gasteiger partial charge in [-0.05, 0) is 99.2 Å². The van der Waals surface area contributed by atoms with Gasteiger partial charge in [0.25, 0.3) is 0 Å². The number of aliphatic hydroxyl groups excluding tert-OH is 11. The lowest BCUT2D eigenvalue weighted by Gasteiger charge is -2.67. The quantitative estimate of drug-likeness (QED) is 0.121. The van der Waals surface area contributed by atoms with Crippen molar-refractivity contribution in [2.45, 2.75) is 218 Å². The molecule has 0 bridgehead atoms. The highest BCUT2D eigenvalue weighted by Crippen LogP contribution is 2.74. The zero-order chi connectivity index (χ0) is 47.9. The monoisotopic (exact) mass is 929 g/mol. The van der Waals surface area contributed by atoms with Crippen molar-refractivity contribution in [1.29, 1.82) is 0 Å². The SMILES string of the molecule is CC(C)=CC(CC(C)C1CCC2(C)C3=CCC4C(C)(C)C(OC5OC(CO)C(O)C(O)C5O)CC(OC5OC(CO)C(O)C(O)C5O)C4(C)C3CCC12C)OC1OC(C)C(O)C(O)C1O. The van der Waals surface area contributed by atoms with E-state index in [0.29, 0.717) is 18.8 Å². The molecule has 0 spiro atoms. The third-order valence-corrected chi connectivity index (χ3v) is 18.1. The van der Waals surface area contributed by atoms with Crippen LogP contribution in [0.4, 0.5) is 0 Å². The Morgan fingerprint density at radius 2 is 1.25 bits per heavy atom. The van der Waals surface area contributed by atoms with Gasteiger partial charge in [-0.1, -0.05) is 64.8 Å². The van der Waals surface area contributed by atoms with E-state index in [1.54, 1.807) is 6.92 Å². The number of hydrogen-bond donors (Lipinski definition) is 11. The molecule has 11 N–H and O–H groups in total. The van der Waals surface area contributed by atoms with Gasteiger partial charge in [0.1, 0.15) is 67.1 Å². The lowest BCUT2D eigenvalue weighted by Crippen LogP contribution is -2.67. The summed E-state index contributed by atoms with van der Waals surface area (Å²) in [4.78, 5) is 0. The zero-order valence-electron chi connectivity index (χ0n) is 39.6. The molecule has 3 aliphatic heterocycles. The van der Waals surface area contributed by atoms with Crippen molar-refractivity contribution in [3.05, 3.63) is 23.3 Å². The van der Waals surface area contributed by atoms with Crippen LogP contribution in [0.2, 0.25) is 0 Å². The Hall–Kier alpha value is -1.20. The number of fused-ring (bicyclic) bond motifs is 5. The number of aliphatic hydroxyl groups is 11. The van der Waals surface area contributed by atoms with Crippen LogP contribution in [0.15, 0.2) is 23.3 Å². The average molecular weight is 929 g/mol. The summed E-state index contributed by atoms with van der Waals surface area (Å²) >= 11 is 0. The van der Waals surface area contributed by atoms with E-state index in [2.05, 4.69) is 47.6 Å². The molecule has 6 fully saturated rings. The molecule has 7 aliphatic rings. The first-order valence-corrected chi connectivity index (χ1v) is 24.0. The highest BCUT2D eigenvalue weighted by Gasteiger charge is 2.69. The van der Waals surface area contributed by atoms with E-state index < -0.39 is 134 Å². The molecule has 17 nitrogen and oxygen atoms in total. The number of allylic oxidation sites excluding steroid dienone is 3. The molecule has 0 radical (unpaired) electrons. The molecule has 65 heavy (non-hydrogen) atoms. The van der Waals surface area contributed by atoms with E-state index >= 15 is 0 Å². The van der Waals surface area contributed by atoms with Gasteiger partial charge in [-0.3, -0.25) is 0 Å². The van der Waals surface area contributed by atoms with Crippen LogP contribution in [-0.4, -0.2) is 180 Å². The second kappa shape index (κ2) is 19.2. The molecular weight excluding hydrogens is 849 g/mol. The molecule has 3 saturated heterocycles. The molecular formula is C48H80O17. The van der Waals surface area contributed by atoms with Crippen molar-refractivity contribution in [3.63, 3.8) is 0 Å². The highest BCUT2D eigenvalue weighted by molar-refractivity contribution is 5.34. The minimum Gasteiger partial charge on any atom is -0.394 e. The Morgan fingerprint density at radius 3 is 1.80 bits per heavy atom. The van der Waals surface area contributed by atoms with Crippen LogP contribution in [0.25, 0.3) is 0 Å². The Labute approximate surface area is 383 Å². The van der Waals surface area contributed by atoms with E-state index in [9.17, 15) is 56.2 Å². The fourth-order valence-electron chi connectivity index (χ4n) is 14.1. The predicted octanol–water partition coefficient (Wildman–Crippen LogP) is 0.777. The van der Waals surface area contributed by atoms with Crippen molar-refractivity contribution in [2.24, 2.45) is 45.3 Å². The normalized spacial score (nSPS) is 51.8. The Kier molecular flexibility index (Phi) is 15.2. The van der Waals surface area contributed by atoms with Crippen LogP contribution in [0.3, 0.4) is 0 Å². The minimum absolute atomic E-state index is 0.00814. The molecule has 0 aromatic heterocycles. The average Bonchev–Trinajstić information content (AvgIpc) is 3.54. The molecule has 3 saturated carbocycles. The summed E-state index contributed by atoms with van der Waals surface area (Å²) < 4.78 is 37.5. The first kappa shape index (κ1) is 51.6. The summed E-state index contributed by atoms with van der Waals surface area (Å²) in [6, 6.07) is 0. The van der Waals surface area contributed by atoms with Crippen molar-refractivity contribution in [3.8, 4) is 0 Å². The molecule has 17 heteroatoms. The van der Waals surface area contributed by atoms with Crippen LogP contribution in [0, 0.1) is 45.3 Å². The fourth-order valence-corrected chi connectivity index (χ4v) is 14.1. The first-order chi connectivity index (χ1) is 30.4. The van der Waals surface area contributed by atoms with E-state index in [1.165, 1.54) is 5.57 Å². The highest BCUT2D eigenvalue weighted by atomic mass is 16.7. The summed E-state index contributed by atoms with van der Waals surface area (Å²) in [7, 11) is 0. The summed E-state index contributed by atoms with van der Waals surface area (Å²) in [5, 5.41) is 117. The molecule has 0 amide bonds. The molecule has 25 unspecified atom stereocenters. The van der Waals surface area contributed by atoms with Crippen LogP contribution < -0.4 is 0 Å². The summed E-state index contributed by atoms with van der Waals surface area (Å²) in [5.41, 5.74) is 0.777. The van der Waals surface area contributed by atoms with E-state index in [4.69, 9.17) is 28.4 Å². The number of rotatable bonds is 12. The standard InChI is InChI=1S/C48H80O17/c1-21(2)16-24(61-42-39(57)36(54)33(51)23(4)60-42)17-22(3)25-12-14-47(8)26-10-11-30-45(5,6)31(64-43-40(58)37(55)34(52)28(19-49)62-43)18-32(48(30,9)27(26)13-15-46(25,47)7)65-44-41(59)38(56)35(53)29(20-50)63-44/h10,16,22-25,27-44,49-59H,11-15,17-20H2,1-9H3.